The standard InChI is InChI=1S/C8H16N2.2BrH.Ca/c1-3-4-5-10-7-6-9(2)8-10;;;/h6-7H,3-5,8H2,1-2H3;2*1H;/q;;;+2/p-2. The topological polar surface area (TPSA) is 6.48 Å². The van der Waals surface area contributed by atoms with Gasteiger partial charge in [0.1, 0.15) is 0 Å². The fraction of sp³-hybridized carbons (Fsp3) is 0.750. The van der Waals surface area contributed by atoms with Gasteiger partial charge in [-0.1, -0.05) is 13.3 Å². The van der Waals surface area contributed by atoms with E-state index in [-0.39, 0.29) is 71.7 Å². The zero-order valence-corrected chi connectivity index (χ0v) is 13.7. The average molecular weight is 340 g/mol. The van der Waals surface area contributed by atoms with Crippen LogP contribution in [0.5, 0.6) is 0 Å². The van der Waals surface area contributed by atoms with Crippen molar-refractivity contribution in [2.45, 2.75) is 19.8 Å². The second-order valence-electron chi connectivity index (χ2n) is 2.86. The maximum absolute atomic E-state index is 2.34. The molecule has 0 aromatic heterocycles. The first-order chi connectivity index (χ1) is 4.83. The van der Waals surface area contributed by atoms with Crippen LogP contribution in [0, 0.1) is 0 Å². The molecule has 0 bridgehead atoms. The van der Waals surface area contributed by atoms with Crippen LogP contribution in [0.3, 0.4) is 0 Å². The Hall–Kier alpha value is 1.56. The van der Waals surface area contributed by atoms with Gasteiger partial charge in [0.2, 0.25) is 0 Å². The molecule has 0 spiro atoms. The van der Waals surface area contributed by atoms with Crippen molar-refractivity contribution in [2.75, 3.05) is 20.3 Å². The molecular formula is C8H16Br2CaN2. The molecule has 0 aromatic carbocycles. The van der Waals surface area contributed by atoms with Gasteiger partial charge in [-0.3, -0.25) is 0 Å². The van der Waals surface area contributed by atoms with E-state index >= 15 is 0 Å². The summed E-state index contributed by atoms with van der Waals surface area (Å²) in [6.07, 6.45) is 6.87. The van der Waals surface area contributed by atoms with Crippen LogP contribution in [0.15, 0.2) is 12.4 Å². The molecule has 0 atom stereocenters. The van der Waals surface area contributed by atoms with Crippen molar-refractivity contribution in [3.63, 3.8) is 0 Å². The molecule has 0 N–H and O–H groups in total. The van der Waals surface area contributed by atoms with Crippen LogP contribution >= 0.6 is 0 Å². The maximum atomic E-state index is 2.34. The predicted molar refractivity (Wildman–Crippen MR) is 49.1 cm³/mol. The minimum Gasteiger partial charge on any atom is -1.00 e. The quantitative estimate of drug-likeness (QED) is 0.476. The summed E-state index contributed by atoms with van der Waals surface area (Å²) in [4.78, 5) is 4.53. The van der Waals surface area contributed by atoms with Crippen molar-refractivity contribution >= 4 is 37.7 Å². The summed E-state index contributed by atoms with van der Waals surface area (Å²) in [7, 11) is 2.10. The zero-order valence-electron chi connectivity index (χ0n) is 8.34. The molecule has 0 aromatic rings. The van der Waals surface area contributed by atoms with Gasteiger partial charge in [0, 0.05) is 26.0 Å². The molecule has 0 aliphatic carbocycles. The van der Waals surface area contributed by atoms with Gasteiger partial charge in [-0.25, -0.2) is 0 Å². The summed E-state index contributed by atoms with van der Waals surface area (Å²) >= 11 is 0. The molecule has 1 rings (SSSR count). The number of halogens is 2. The Bertz CT molecular complexity index is 133. The molecule has 0 unspecified atom stereocenters. The molecular weight excluding hydrogens is 324 g/mol. The molecule has 1 aliphatic heterocycles. The van der Waals surface area contributed by atoms with E-state index in [1.54, 1.807) is 0 Å². The molecule has 1 heterocycles. The molecule has 0 amide bonds. The number of nitrogens with zero attached hydrogens (tertiary/aromatic N) is 2. The van der Waals surface area contributed by atoms with Crippen LogP contribution in [0.25, 0.3) is 0 Å². The Labute approximate surface area is 132 Å². The molecule has 0 saturated carbocycles. The fourth-order valence-corrected chi connectivity index (χ4v) is 1.10. The van der Waals surface area contributed by atoms with E-state index in [4.69, 9.17) is 0 Å². The molecule has 0 radical (unpaired) electrons. The summed E-state index contributed by atoms with van der Waals surface area (Å²) in [6.45, 7) is 4.50. The van der Waals surface area contributed by atoms with Gasteiger partial charge < -0.3 is 43.8 Å². The third-order valence-electron chi connectivity index (χ3n) is 1.74. The number of hydrogen-bond donors (Lipinski definition) is 0. The van der Waals surface area contributed by atoms with Crippen molar-refractivity contribution in [2.24, 2.45) is 0 Å². The Morgan fingerprint density at radius 3 is 2.23 bits per heavy atom. The van der Waals surface area contributed by atoms with E-state index in [0.29, 0.717) is 0 Å². The van der Waals surface area contributed by atoms with Crippen LogP contribution in [0.2, 0.25) is 0 Å². The maximum Gasteiger partial charge on any atom is 2.00 e. The van der Waals surface area contributed by atoms with Gasteiger partial charge in [0.15, 0.2) is 0 Å². The van der Waals surface area contributed by atoms with Gasteiger partial charge in [-0.15, -0.1) is 0 Å². The van der Waals surface area contributed by atoms with E-state index in [9.17, 15) is 0 Å². The minimum atomic E-state index is 0. The number of rotatable bonds is 3. The molecule has 2 nitrogen and oxygen atoms in total. The molecule has 13 heavy (non-hydrogen) atoms. The van der Waals surface area contributed by atoms with Gasteiger partial charge >= 0.3 is 37.7 Å². The third kappa shape index (κ3) is 8.55. The van der Waals surface area contributed by atoms with E-state index in [1.807, 2.05) is 0 Å². The minimum absolute atomic E-state index is 0. The van der Waals surface area contributed by atoms with Crippen molar-refractivity contribution in [3.8, 4) is 0 Å². The van der Waals surface area contributed by atoms with Crippen molar-refractivity contribution in [1.82, 2.24) is 9.80 Å². The molecule has 74 valence electrons. The summed E-state index contributed by atoms with van der Waals surface area (Å²) < 4.78 is 0. The molecule has 5 heteroatoms. The van der Waals surface area contributed by atoms with E-state index < -0.39 is 0 Å². The van der Waals surface area contributed by atoms with Crippen LogP contribution < -0.4 is 34.0 Å². The fourth-order valence-electron chi connectivity index (χ4n) is 1.10. The Morgan fingerprint density at radius 1 is 1.23 bits per heavy atom. The first-order valence-corrected chi connectivity index (χ1v) is 3.95. The summed E-state index contributed by atoms with van der Waals surface area (Å²) in [6, 6.07) is 0. The smallest absolute Gasteiger partial charge is 1.00 e. The van der Waals surface area contributed by atoms with E-state index in [1.165, 1.54) is 19.4 Å². The van der Waals surface area contributed by atoms with Crippen LogP contribution in [0.1, 0.15) is 19.8 Å². The Kier molecular flexibility index (Phi) is 17.9. The summed E-state index contributed by atoms with van der Waals surface area (Å²) in [5, 5.41) is 0. The van der Waals surface area contributed by atoms with Gasteiger partial charge in [-0.05, 0) is 6.42 Å². The van der Waals surface area contributed by atoms with Crippen LogP contribution in [0.4, 0.5) is 0 Å². The first kappa shape index (κ1) is 20.0. The SMILES string of the molecule is CCCCN1C=CN(C)C1.[Br-].[Br-].[Ca+2]. The molecule has 0 saturated heterocycles. The Morgan fingerprint density at radius 2 is 1.85 bits per heavy atom. The van der Waals surface area contributed by atoms with Crippen LogP contribution in [-0.2, 0) is 0 Å². The monoisotopic (exact) mass is 338 g/mol. The van der Waals surface area contributed by atoms with Crippen molar-refractivity contribution in [1.29, 1.82) is 0 Å². The predicted octanol–water partition coefficient (Wildman–Crippen LogP) is -4.91. The summed E-state index contributed by atoms with van der Waals surface area (Å²) in [5.41, 5.74) is 0. The normalized spacial score (nSPS) is 13.1. The average Bonchev–Trinajstić information content (AvgIpc) is 2.31. The molecule has 0 fully saturated rings. The first-order valence-electron chi connectivity index (χ1n) is 3.95. The van der Waals surface area contributed by atoms with Crippen LogP contribution in [-0.4, -0.2) is 67.8 Å². The van der Waals surface area contributed by atoms with E-state index in [0.717, 1.165) is 6.67 Å². The summed E-state index contributed by atoms with van der Waals surface area (Å²) in [5.74, 6) is 0. The zero-order chi connectivity index (χ0) is 7.40. The van der Waals surface area contributed by atoms with Gasteiger partial charge in [0.05, 0.1) is 6.67 Å². The van der Waals surface area contributed by atoms with Gasteiger partial charge in [-0.2, -0.15) is 0 Å². The molecule has 1 aliphatic rings. The number of unbranched alkanes of at least 4 members (excludes halogenated alkanes) is 1. The number of hydrogen-bond acceptors (Lipinski definition) is 2. The second kappa shape index (κ2) is 11.6. The van der Waals surface area contributed by atoms with Crippen molar-refractivity contribution < 1.29 is 34.0 Å². The van der Waals surface area contributed by atoms with E-state index in [2.05, 4.69) is 36.2 Å². The van der Waals surface area contributed by atoms with Gasteiger partial charge in [0.25, 0.3) is 0 Å². The second-order valence-corrected chi connectivity index (χ2v) is 2.86. The van der Waals surface area contributed by atoms with Crippen molar-refractivity contribution in [3.05, 3.63) is 12.4 Å². The third-order valence-corrected chi connectivity index (χ3v) is 1.74. The largest absolute Gasteiger partial charge is 2.00 e. The Balaban J connectivity index is -0.000000333.